The molecule has 1 saturated carbocycles. The molecule has 0 saturated heterocycles. The highest BCUT2D eigenvalue weighted by Gasteiger charge is 2.31. The minimum atomic E-state index is -3.03. The lowest BCUT2D eigenvalue weighted by Crippen LogP contribution is -2.41. The van der Waals surface area contributed by atoms with Crippen molar-refractivity contribution in [3.8, 4) is 5.69 Å². The lowest BCUT2D eigenvalue weighted by Gasteiger charge is -2.21. The first kappa shape index (κ1) is 21.4. The number of hydrogen-bond acceptors (Lipinski definition) is 5. The number of aromatic nitrogens is 3. The van der Waals surface area contributed by atoms with Crippen molar-refractivity contribution in [1.29, 1.82) is 0 Å². The fraction of sp³-hybridized carbons (Fsp3) is 0.231. The number of nitrogens with one attached hydrogen (secondary N) is 2. The maximum atomic E-state index is 14.9. The van der Waals surface area contributed by atoms with Crippen LogP contribution in [0.15, 0.2) is 56.8 Å². The van der Waals surface area contributed by atoms with E-state index < -0.39 is 46.6 Å². The minimum absolute atomic E-state index is 0.0545. The number of nitrogens with zero attached hydrogens (tertiary/aromatic N) is 3. The number of anilines is 3. The number of benzene rings is 2. The molecule has 9 nitrogen and oxygen atoms in total. The van der Waals surface area contributed by atoms with Crippen molar-refractivity contribution < 1.29 is 13.3 Å². The highest BCUT2D eigenvalue weighted by Crippen LogP contribution is 2.34. The van der Waals surface area contributed by atoms with Crippen LogP contribution in [0.4, 0.5) is 21.6 Å². The van der Waals surface area contributed by atoms with Crippen LogP contribution in [0.3, 0.4) is 0 Å². The number of carbonyl (C=O) groups is 1. The fourth-order valence-electron chi connectivity index (χ4n) is 4.30. The molecule has 0 radical (unpaired) electrons. The van der Waals surface area contributed by atoms with Gasteiger partial charge in [-0.05, 0) is 78.7 Å². The molecule has 1 amide bonds. The lowest BCUT2D eigenvalue weighted by atomic mass is 10.2. The van der Waals surface area contributed by atoms with E-state index in [4.69, 9.17) is 4.11 Å². The molecule has 5 rings (SSSR count). The molecule has 1 fully saturated rings. The van der Waals surface area contributed by atoms with Crippen LogP contribution in [0, 0.1) is 16.2 Å². The van der Waals surface area contributed by atoms with Crippen LogP contribution >= 0.6 is 22.6 Å². The van der Waals surface area contributed by atoms with Gasteiger partial charge in [0.25, 0.3) is 11.1 Å². The van der Waals surface area contributed by atoms with Crippen molar-refractivity contribution in [2.75, 3.05) is 10.6 Å². The fourth-order valence-corrected chi connectivity index (χ4v) is 4.75. The van der Waals surface area contributed by atoms with E-state index in [-0.39, 0.29) is 28.5 Å². The standard InChI is InChI=1S/C26H23FIN5O4/c1-13-22-21(23(31(3)24(13)35)30-20-10-7-15(28)11-19(20)27)25(36)33(17-8-9-17)26(37)32(22)18-6-4-5-16(12-18)29-14(2)34/h4-7,10-12,17,30H,8-9H2,1-3H3,(H,29,34)/i1+1D3. The Bertz CT molecular complexity index is 1890. The molecular formula is C26H23FIN5O4. The van der Waals surface area contributed by atoms with Gasteiger partial charge in [0.05, 0.1) is 16.9 Å². The van der Waals surface area contributed by atoms with Gasteiger partial charge in [0.1, 0.15) is 17.0 Å². The molecule has 0 atom stereocenters. The molecule has 4 aromatic rings. The lowest BCUT2D eigenvalue weighted by molar-refractivity contribution is -0.114. The van der Waals surface area contributed by atoms with Crippen molar-refractivity contribution >= 4 is 56.6 Å². The van der Waals surface area contributed by atoms with E-state index in [2.05, 4.69) is 10.6 Å². The summed E-state index contributed by atoms with van der Waals surface area (Å²) in [6.45, 7) is -1.72. The van der Waals surface area contributed by atoms with Crippen LogP contribution in [-0.2, 0) is 11.8 Å². The third-order valence-electron chi connectivity index (χ3n) is 6.14. The highest BCUT2D eigenvalue weighted by atomic mass is 127. The van der Waals surface area contributed by atoms with Crippen molar-refractivity contribution in [2.45, 2.75) is 32.7 Å². The molecule has 0 aliphatic heterocycles. The predicted molar refractivity (Wildman–Crippen MR) is 149 cm³/mol. The van der Waals surface area contributed by atoms with Gasteiger partial charge < -0.3 is 10.6 Å². The van der Waals surface area contributed by atoms with Crippen molar-refractivity contribution in [1.82, 2.24) is 13.7 Å². The molecule has 190 valence electrons. The Hall–Kier alpha value is -3.74. The third-order valence-corrected chi connectivity index (χ3v) is 6.81. The SMILES string of the molecule is [2H][13C]([2H])([2H])c1c(=O)n(C)c(Nc2ccc(I)cc2F)c2c(=O)n(C3CC3)c(=O)n(-c3cccc(NC(C)=O)c3)c12. The number of halogens is 2. The second-order valence-electron chi connectivity index (χ2n) is 8.82. The third kappa shape index (κ3) is 4.37. The Morgan fingerprint density at radius 2 is 1.89 bits per heavy atom. The first-order valence-electron chi connectivity index (χ1n) is 12.8. The van der Waals surface area contributed by atoms with Crippen LogP contribution < -0.4 is 27.4 Å². The number of rotatable bonds is 5. The van der Waals surface area contributed by atoms with Crippen LogP contribution in [0.5, 0.6) is 0 Å². The van der Waals surface area contributed by atoms with E-state index >= 15 is 0 Å². The Morgan fingerprint density at radius 1 is 1.14 bits per heavy atom. The van der Waals surface area contributed by atoms with E-state index in [0.29, 0.717) is 22.1 Å². The summed E-state index contributed by atoms with van der Waals surface area (Å²) < 4.78 is 43.1. The number of carbonyl (C=O) groups excluding carboxylic acids is 1. The van der Waals surface area contributed by atoms with Crippen LogP contribution in [0.2, 0.25) is 0 Å². The van der Waals surface area contributed by atoms with E-state index in [9.17, 15) is 23.6 Å². The number of fused-ring (bicyclic) bond motifs is 1. The summed E-state index contributed by atoms with van der Waals surface area (Å²) in [7, 11) is 1.28. The topological polar surface area (TPSA) is 107 Å². The maximum Gasteiger partial charge on any atom is 0.336 e. The maximum absolute atomic E-state index is 14.9. The molecule has 2 heterocycles. The average Bonchev–Trinajstić information content (AvgIpc) is 3.67. The summed E-state index contributed by atoms with van der Waals surface area (Å²) in [5.41, 5.74) is -3.38. The molecular weight excluding hydrogens is 593 g/mol. The van der Waals surface area contributed by atoms with E-state index in [1.807, 2.05) is 22.6 Å². The zero-order valence-electron chi connectivity index (χ0n) is 22.8. The molecule has 37 heavy (non-hydrogen) atoms. The zero-order valence-corrected chi connectivity index (χ0v) is 21.9. The normalized spacial score (nSPS) is 14.6. The number of pyridine rings is 1. The van der Waals surface area contributed by atoms with Crippen molar-refractivity contribution in [3.05, 3.63) is 88.6 Å². The predicted octanol–water partition coefficient (Wildman–Crippen LogP) is 3.94. The van der Waals surface area contributed by atoms with Gasteiger partial charge in [-0.3, -0.25) is 28.1 Å². The Balaban J connectivity index is 1.99. The summed E-state index contributed by atoms with van der Waals surface area (Å²) in [5.74, 6) is -1.20. The van der Waals surface area contributed by atoms with Crippen LogP contribution in [0.1, 0.15) is 35.5 Å². The number of aryl methyl sites for hydroxylation is 1. The minimum Gasteiger partial charge on any atom is -0.338 e. The van der Waals surface area contributed by atoms with E-state index in [0.717, 1.165) is 13.7 Å². The second-order valence-corrected chi connectivity index (χ2v) is 10.1. The summed E-state index contributed by atoms with van der Waals surface area (Å²) in [5, 5.41) is 5.16. The first-order valence-corrected chi connectivity index (χ1v) is 12.4. The van der Waals surface area contributed by atoms with Gasteiger partial charge in [0, 0.05) is 38.9 Å². The van der Waals surface area contributed by atoms with Crippen LogP contribution in [0.25, 0.3) is 16.6 Å². The summed E-state index contributed by atoms with van der Waals surface area (Å²) in [6, 6.07) is 9.94. The van der Waals surface area contributed by atoms with Gasteiger partial charge in [-0.1, -0.05) is 6.07 Å². The van der Waals surface area contributed by atoms with Gasteiger partial charge in [0.15, 0.2) is 0 Å². The molecule has 2 aromatic carbocycles. The molecule has 0 spiro atoms. The highest BCUT2D eigenvalue weighted by molar-refractivity contribution is 14.1. The van der Waals surface area contributed by atoms with Gasteiger partial charge >= 0.3 is 5.69 Å². The van der Waals surface area contributed by atoms with Gasteiger partial charge in [-0.2, -0.15) is 0 Å². The molecule has 2 aromatic heterocycles. The molecule has 2 N–H and O–H groups in total. The first-order chi connectivity index (χ1) is 18.8. The summed E-state index contributed by atoms with van der Waals surface area (Å²) in [6.07, 6.45) is 1.11. The largest absolute Gasteiger partial charge is 0.338 e. The van der Waals surface area contributed by atoms with Crippen LogP contribution in [-0.4, -0.2) is 19.6 Å². The van der Waals surface area contributed by atoms with Crippen molar-refractivity contribution in [3.63, 3.8) is 0 Å². The number of hydrogen-bond donors (Lipinski definition) is 2. The number of amides is 1. The summed E-state index contributed by atoms with van der Waals surface area (Å²) in [4.78, 5) is 53.2. The quantitative estimate of drug-likeness (QED) is 0.260. The Labute approximate surface area is 227 Å². The molecule has 1 aliphatic rings. The van der Waals surface area contributed by atoms with E-state index in [1.54, 1.807) is 18.2 Å². The van der Waals surface area contributed by atoms with Gasteiger partial charge in [-0.25, -0.2) is 9.18 Å². The second kappa shape index (κ2) is 9.29. The average molecular weight is 619 g/mol. The monoisotopic (exact) mass is 619 g/mol. The molecule has 0 bridgehead atoms. The van der Waals surface area contributed by atoms with Crippen molar-refractivity contribution in [2.24, 2.45) is 7.05 Å². The molecule has 0 unspecified atom stereocenters. The smallest absolute Gasteiger partial charge is 0.336 e. The molecule has 11 heteroatoms. The van der Waals surface area contributed by atoms with Gasteiger partial charge in [-0.15, -0.1) is 0 Å². The summed E-state index contributed by atoms with van der Waals surface area (Å²) >= 11 is 1.94. The van der Waals surface area contributed by atoms with Gasteiger partial charge in [0.2, 0.25) is 5.91 Å². The Kier molecular flexibility index (Phi) is 5.36. The van der Waals surface area contributed by atoms with E-state index in [1.165, 1.54) is 38.2 Å². The Morgan fingerprint density at radius 3 is 2.54 bits per heavy atom. The zero-order chi connectivity index (χ0) is 29.1. The molecule has 1 aliphatic carbocycles.